The molecular weight excluding hydrogens is 959 g/mol. The quantitative estimate of drug-likeness (QED) is 0.0476. The number of Topliss-reactive ketones (excluding diaryl/α,β-unsaturated/α-hetero) is 1. The molecule has 1 aromatic carbocycles. The van der Waals surface area contributed by atoms with E-state index in [2.05, 4.69) is 35.8 Å². The summed E-state index contributed by atoms with van der Waals surface area (Å²) in [5.74, 6) is -0.234. The molecule has 1 aliphatic carbocycles. The number of nitrogens with zero attached hydrogens (tertiary/aromatic N) is 8. The molecule has 6 heterocycles. The Hall–Kier alpha value is -6.60. The molecule has 2 aliphatic heterocycles. The number of ketones is 1. The van der Waals surface area contributed by atoms with Crippen molar-refractivity contribution in [3.63, 3.8) is 0 Å². The molecule has 0 spiro atoms. The van der Waals surface area contributed by atoms with Crippen molar-refractivity contribution in [3.8, 4) is 10.4 Å². The van der Waals surface area contributed by atoms with Gasteiger partial charge in [0.15, 0.2) is 5.78 Å². The van der Waals surface area contributed by atoms with Gasteiger partial charge in [-0.3, -0.25) is 33.3 Å². The minimum absolute atomic E-state index is 0.0119. The van der Waals surface area contributed by atoms with Crippen molar-refractivity contribution < 1.29 is 29.1 Å². The van der Waals surface area contributed by atoms with Gasteiger partial charge in [0.05, 0.1) is 39.6 Å². The van der Waals surface area contributed by atoms with Crippen LogP contribution in [-0.4, -0.2) is 120 Å². The number of hydrogen-bond donors (Lipinski definition) is 4. The van der Waals surface area contributed by atoms with Crippen molar-refractivity contribution in [3.05, 3.63) is 87.0 Å². The highest BCUT2D eigenvalue weighted by molar-refractivity contribution is 7.13. The van der Waals surface area contributed by atoms with Crippen LogP contribution >= 0.6 is 11.3 Å². The highest BCUT2D eigenvalue weighted by Gasteiger charge is 2.44. The highest BCUT2D eigenvalue weighted by atomic mass is 32.1. The number of amides is 4. The first-order valence-corrected chi connectivity index (χ1v) is 27.1. The summed E-state index contributed by atoms with van der Waals surface area (Å²) in [6.07, 6.45) is 11.2. The maximum absolute atomic E-state index is 14.1. The largest absolute Gasteiger partial charge is 0.391 e. The normalized spacial score (nSPS) is 17.7. The van der Waals surface area contributed by atoms with Gasteiger partial charge < -0.3 is 35.8 Å². The minimum atomic E-state index is -0.885. The summed E-state index contributed by atoms with van der Waals surface area (Å²) in [7, 11) is 0. The number of fused-ring (bicyclic) bond motifs is 1. The number of hydrogen-bond acceptors (Lipinski definition) is 14. The number of aliphatic hydroxyl groups is 1. The zero-order valence-corrected chi connectivity index (χ0v) is 44.4. The molecule has 3 fully saturated rings. The van der Waals surface area contributed by atoms with E-state index < -0.39 is 23.6 Å². The Kier molecular flexibility index (Phi) is 17.2. The summed E-state index contributed by atoms with van der Waals surface area (Å²) in [5, 5.41) is 20.4. The third kappa shape index (κ3) is 12.7. The Balaban J connectivity index is 0.730. The van der Waals surface area contributed by atoms with Gasteiger partial charge in [-0.1, -0.05) is 77.1 Å². The second-order valence-corrected chi connectivity index (χ2v) is 22.1. The van der Waals surface area contributed by atoms with Crippen LogP contribution in [0.5, 0.6) is 0 Å². The fraction of sp³-hybridized carbons (Fsp3) is 0.527. The highest BCUT2D eigenvalue weighted by Crippen LogP contribution is 2.33. The molecule has 8 rings (SSSR count). The number of nitrogens with one attached hydrogen (secondary N) is 3. The van der Waals surface area contributed by atoms with E-state index in [4.69, 9.17) is 4.98 Å². The average molecular weight is 1030 g/mol. The van der Waals surface area contributed by atoms with Gasteiger partial charge in [-0.05, 0) is 80.7 Å². The molecule has 4 aromatic heterocycles. The lowest BCUT2D eigenvalue weighted by molar-refractivity contribution is -0.144. The lowest BCUT2D eigenvalue weighted by Crippen LogP contribution is -2.57. The number of aryl methyl sites for hydroxylation is 2. The van der Waals surface area contributed by atoms with Crippen LogP contribution < -0.4 is 26.4 Å². The predicted molar refractivity (Wildman–Crippen MR) is 286 cm³/mol. The number of unbranched alkanes of at least 4 members (excludes halogenated alkanes) is 4. The Bertz CT molecular complexity index is 2880. The number of benzene rings is 1. The van der Waals surface area contributed by atoms with Crippen molar-refractivity contribution in [2.75, 3.05) is 42.9 Å². The molecule has 3 atom stereocenters. The molecule has 18 nitrogen and oxygen atoms in total. The molecule has 19 heteroatoms. The third-order valence-electron chi connectivity index (χ3n) is 14.7. The van der Waals surface area contributed by atoms with Gasteiger partial charge in [-0.2, -0.15) is 4.98 Å². The number of carbonyl (C=O) groups is 5. The number of rotatable bonds is 19. The molecule has 394 valence electrons. The Morgan fingerprint density at radius 3 is 2.22 bits per heavy atom. The first-order valence-electron chi connectivity index (χ1n) is 26.2. The van der Waals surface area contributed by atoms with Crippen molar-refractivity contribution >= 4 is 69.2 Å². The van der Waals surface area contributed by atoms with Crippen molar-refractivity contribution in [1.29, 1.82) is 0 Å². The number of thiazole rings is 1. The molecule has 1 saturated carbocycles. The van der Waals surface area contributed by atoms with Gasteiger partial charge in [0.1, 0.15) is 23.5 Å². The molecule has 5 aromatic rings. The van der Waals surface area contributed by atoms with E-state index in [0.29, 0.717) is 67.4 Å². The van der Waals surface area contributed by atoms with E-state index in [0.717, 1.165) is 78.8 Å². The van der Waals surface area contributed by atoms with E-state index in [9.17, 15) is 33.9 Å². The first kappa shape index (κ1) is 53.7. The zero-order valence-electron chi connectivity index (χ0n) is 43.6. The second kappa shape index (κ2) is 23.7. The SMILES string of the molecule is CC(=O)c1c(C)c2cnc(Nc3ccc(N4CCN(C(=O)CCCCCCCC(=O)NC(C(=O)N5C[C@H](O)C[C@H]5C(=O)NCc5ccc(-c6scnc6C)cc5)C(C)(C)C)CC4)cn3)nc2n(C2CCCC2)c1=O. The van der Waals surface area contributed by atoms with Gasteiger partial charge in [-0.15, -0.1) is 11.3 Å². The van der Waals surface area contributed by atoms with Crippen LogP contribution in [0.4, 0.5) is 17.5 Å². The average Bonchev–Trinajstić information content (AvgIpc) is 4.16. The van der Waals surface area contributed by atoms with Gasteiger partial charge in [0.25, 0.3) is 5.56 Å². The summed E-state index contributed by atoms with van der Waals surface area (Å²) in [5.41, 5.74) is 6.05. The summed E-state index contributed by atoms with van der Waals surface area (Å²) in [6.45, 7) is 13.7. The number of aromatic nitrogens is 5. The number of anilines is 3. The van der Waals surface area contributed by atoms with Crippen LogP contribution in [0.2, 0.25) is 0 Å². The topological polar surface area (TPSA) is 225 Å². The van der Waals surface area contributed by atoms with E-state index >= 15 is 0 Å². The molecule has 74 heavy (non-hydrogen) atoms. The predicted octanol–water partition coefficient (Wildman–Crippen LogP) is 7.18. The Labute approximate surface area is 436 Å². The smallest absolute Gasteiger partial charge is 0.263 e. The molecule has 0 bridgehead atoms. The number of likely N-dealkylation sites (tertiary alicyclic amines) is 1. The van der Waals surface area contributed by atoms with Crippen LogP contribution in [0, 0.1) is 19.3 Å². The fourth-order valence-corrected chi connectivity index (χ4v) is 11.4. The van der Waals surface area contributed by atoms with Gasteiger partial charge >= 0.3 is 0 Å². The van der Waals surface area contributed by atoms with Crippen molar-refractivity contribution in [2.24, 2.45) is 5.41 Å². The maximum atomic E-state index is 14.1. The Morgan fingerprint density at radius 1 is 0.865 bits per heavy atom. The minimum Gasteiger partial charge on any atom is -0.391 e. The number of aliphatic hydroxyl groups excluding tert-OH is 1. The number of β-amino-alcohol motifs (C(OH)–C–C–N with tert-alkyl or cyclic N) is 1. The van der Waals surface area contributed by atoms with E-state index in [-0.39, 0.29) is 72.5 Å². The standard InChI is InChI=1S/C55H71N11O7S/c1-34-42-31-58-54(62-50(42)66(39-14-12-13-15-39)52(72)47(34)36(3)67)60-44-23-22-40(30-56-44)63-24-26-64(27-25-63)46(70)17-11-9-7-8-10-16-45(69)61-49(55(4,5)6)53(73)65-32-41(68)28-43(65)51(71)57-29-37-18-20-38(21-19-37)48-35(2)59-33-74-48/h18-23,30-31,33,39,41,43,49,68H,7-17,24-29,32H2,1-6H3,(H,57,71)(H,61,69)(H,56,58,60,62)/t41-,43+,49?/m1/s1. The number of carbonyl (C=O) groups excluding carboxylic acids is 5. The molecule has 0 radical (unpaired) electrons. The fourth-order valence-electron chi connectivity index (χ4n) is 10.5. The van der Waals surface area contributed by atoms with Gasteiger partial charge in [-0.25, -0.2) is 15.0 Å². The van der Waals surface area contributed by atoms with Crippen LogP contribution in [0.25, 0.3) is 21.5 Å². The molecule has 4 amide bonds. The molecule has 3 aliphatic rings. The Morgan fingerprint density at radius 2 is 1.57 bits per heavy atom. The van der Waals surface area contributed by atoms with Crippen molar-refractivity contribution in [2.45, 2.75) is 149 Å². The number of pyridine rings is 2. The van der Waals surface area contributed by atoms with Crippen LogP contribution in [0.1, 0.15) is 138 Å². The van der Waals surface area contributed by atoms with E-state index in [1.165, 1.54) is 11.8 Å². The van der Waals surface area contributed by atoms with Gasteiger partial charge in [0, 0.05) is 76.2 Å². The zero-order chi connectivity index (χ0) is 52.7. The maximum Gasteiger partial charge on any atom is 0.263 e. The lowest BCUT2D eigenvalue weighted by atomic mass is 9.85. The molecule has 1 unspecified atom stereocenters. The monoisotopic (exact) mass is 1030 g/mol. The second-order valence-electron chi connectivity index (χ2n) is 21.2. The van der Waals surface area contributed by atoms with Gasteiger partial charge in [0.2, 0.25) is 29.6 Å². The summed E-state index contributed by atoms with van der Waals surface area (Å²) in [4.78, 5) is 105. The first-order chi connectivity index (χ1) is 35.5. The lowest BCUT2D eigenvalue weighted by Gasteiger charge is -2.36. The van der Waals surface area contributed by atoms with Crippen LogP contribution in [0.15, 0.2) is 59.1 Å². The third-order valence-corrected chi connectivity index (χ3v) is 15.7. The molecule has 2 saturated heterocycles. The summed E-state index contributed by atoms with van der Waals surface area (Å²) < 4.78 is 1.69. The molecular formula is C55H71N11O7S. The van der Waals surface area contributed by atoms with Crippen molar-refractivity contribution in [1.82, 2.24) is 44.9 Å². The van der Waals surface area contributed by atoms with Crippen LogP contribution in [-0.2, 0) is 25.7 Å². The van der Waals surface area contributed by atoms with E-state index in [1.807, 2.05) is 74.5 Å². The number of piperazine rings is 1. The van der Waals surface area contributed by atoms with Crippen LogP contribution in [0.3, 0.4) is 0 Å². The molecule has 4 N–H and O–H groups in total. The summed E-state index contributed by atoms with van der Waals surface area (Å²) >= 11 is 1.58. The van der Waals surface area contributed by atoms with E-state index in [1.54, 1.807) is 35.2 Å². The summed E-state index contributed by atoms with van der Waals surface area (Å²) in [6, 6.07) is 9.99.